The fraction of sp³-hybridized carbons (Fsp3) is 0.294. The molecule has 0 saturated carbocycles. The van der Waals surface area contributed by atoms with Crippen LogP contribution in [0.25, 0.3) is 11.2 Å². The first kappa shape index (κ1) is 18.2. The maximum atomic E-state index is 12.4. The van der Waals surface area contributed by atoms with E-state index in [1.807, 2.05) is 0 Å². The van der Waals surface area contributed by atoms with Crippen LogP contribution in [0.1, 0.15) is 5.56 Å². The van der Waals surface area contributed by atoms with Crippen molar-refractivity contribution in [2.45, 2.75) is 0 Å². The average Bonchev–Trinajstić information content (AvgIpc) is 3.01. The normalized spacial score (nSPS) is 11.3. The van der Waals surface area contributed by atoms with E-state index < -0.39 is 11.2 Å². The van der Waals surface area contributed by atoms with Gasteiger partial charge in [-0.3, -0.25) is 13.9 Å². The number of aromatic nitrogens is 4. The Labute approximate surface area is 154 Å². The number of ether oxygens (including phenoxy) is 2. The summed E-state index contributed by atoms with van der Waals surface area (Å²) >= 11 is 0. The summed E-state index contributed by atoms with van der Waals surface area (Å²) < 4.78 is 14.4. The molecule has 10 nitrogen and oxygen atoms in total. The van der Waals surface area contributed by atoms with Crippen LogP contribution in [-0.2, 0) is 21.1 Å². The van der Waals surface area contributed by atoms with Gasteiger partial charge in [0.15, 0.2) is 11.2 Å². The van der Waals surface area contributed by atoms with E-state index in [4.69, 9.17) is 9.47 Å². The number of benzene rings is 1. The zero-order chi connectivity index (χ0) is 19.7. The lowest BCUT2D eigenvalue weighted by atomic mass is 10.2. The monoisotopic (exact) mass is 372 g/mol. The summed E-state index contributed by atoms with van der Waals surface area (Å²) in [6.07, 6.45) is 1.56. The highest BCUT2D eigenvalue weighted by atomic mass is 16.5. The Morgan fingerprint density at radius 2 is 1.81 bits per heavy atom. The van der Waals surface area contributed by atoms with Crippen LogP contribution in [0.3, 0.4) is 0 Å². The van der Waals surface area contributed by atoms with Crippen molar-refractivity contribution in [1.82, 2.24) is 18.7 Å². The number of nitrogens with zero attached hydrogens (tertiary/aromatic N) is 5. The third kappa shape index (κ3) is 3.05. The maximum absolute atomic E-state index is 12.4. The van der Waals surface area contributed by atoms with Crippen molar-refractivity contribution >= 4 is 23.3 Å². The third-order valence-electron chi connectivity index (χ3n) is 4.28. The third-order valence-corrected chi connectivity index (χ3v) is 4.28. The van der Waals surface area contributed by atoms with E-state index >= 15 is 0 Å². The Morgan fingerprint density at radius 3 is 2.48 bits per heavy atom. The molecule has 0 aliphatic heterocycles. The fourth-order valence-corrected chi connectivity index (χ4v) is 2.70. The first-order valence-electron chi connectivity index (χ1n) is 8.02. The largest absolute Gasteiger partial charge is 0.497 e. The highest BCUT2D eigenvalue weighted by molar-refractivity contribution is 5.84. The molecular weight excluding hydrogens is 352 g/mol. The molecule has 2 heterocycles. The zero-order valence-electron chi connectivity index (χ0n) is 15.7. The zero-order valence-corrected chi connectivity index (χ0v) is 15.7. The molecule has 3 aromatic rings. The molecule has 0 amide bonds. The first-order chi connectivity index (χ1) is 12.9. The van der Waals surface area contributed by atoms with Crippen LogP contribution in [0.2, 0.25) is 0 Å². The smallest absolute Gasteiger partial charge is 0.332 e. The lowest BCUT2D eigenvalue weighted by Crippen LogP contribution is -2.37. The molecule has 3 rings (SSSR count). The Bertz CT molecular complexity index is 1150. The number of aryl methyl sites for hydroxylation is 2. The van der Waals surface area contributed by atoms with E-state index in [1.165, 1.54) is 11.6 Å². The topological polar surface area (TPSA) is 105 Å². The van der Waals surface area contributed by atoms with Gasteiger partial charge in [0.1, 0.15) is 11.5 Å². The van der Waals surface area contributed by atoms with Crippen molar-refractivity contribution in [2.24, 2.45) is 26.2 Å². The Balaban J connectivity index is 1.97. The van der Waals surface area contributed by atoms with E-state index in [2.05, 4.69) is 15.5 Å². The van der Waals surface area contributed by atoms with Crippen molar-refractivity contribution in [1.29, 1.82) is 0 Å². The number of rotatable bonds is 5. The molecule has 0 unspecified atom stereocenters. The van der Waals surface area contributed by atoms with Gasteiger partial charge in [-0.25, -0.2) is 10.2 Å². The molecule has 1 N–H and O–H groups in total. The molecule has 10 heteroatoms. The standard InChI is InChI=1S/C17H20N6O4/c1-21-13-14(22(2)17(25)23(3)15(13)24)19-16(21)20-18-9-10-6-7-11(26-4)8-12(10)27-5/h6-9H,1-5H3,(H,19,20)/b18-9-. The van der Waals surface area contributed by atoms with Crippen LogP contribution in [0.15, 0.2) is 32.9 Å². The Hall–Kier alpha value is -3.56. The summed E-state index contributed by atoms with van der Waals surface area (Å²) in [5.41, 5.74) is 3.25. The second-order valence-electron chi connectivity index (χ2n) is 5.85. The van der Waals surface area contributed by atoms with Crippen molar-refractivity contribution in [3.05, 3.63) is 44.6 Å². The van der Waals surface area contributed by atoms with Gasteiger partial charge in [-0.2, -0.15) is 10.1 Å². The van der Waals surface area contributed by atoms with Gasteiger partial charge in [0.2, 0.25) is 5.95 Å². The van der Waals surface area contributed by atoms with Crippen LogP contribution in [0.4, 0.5) is 5.95 Å². The van der Waals surface area contributed by atoms with Crippen LogP contribution in [-0.4, -0.2) is 39.1 Å². The number of hydrazone groups is 1. The summed E-state index contributed by atoms with van der Waals surface area (Å²) in [5, 5.41) is 4.16. The van der Waals surface area contributed by atoms with Crippen molar-refractivity contribution < 1.29 is 9.47 Å². The minimum Gasteiger partial charge on any atom is -0.497 e. The molecule has 0 fully saturated rings. The number of methoxy groups -OCH3 is 2. The summed E-state index contributed by atoms with van der Waals surface area (Å²) in [6, 6.07) is 5.34. The van der Waals surface area contributed by atoms with Gasteiger partial charge < -0.3 is 14.0 Å². The molecule has 0 aliphatic rings. The quantitative estimate of drug-likeness (QED) is 0.515. The molecule has 2 aromatic heterocycles. The lowest BCUT2D eigenvalue weighted by molar-refractivity contribution is 0.394. The van der Waals surface area contributed by atoms with Gasteiger partial charge in [0.25, 0.3) is 5.56 Å². The molecule has 142 valence electrons. The SMILES string of the molecule is COc1ccc(/C=N\Nc2nc3c(c(=O)n(C)c(=O)n3C)n2C)c(OC)c1. The molecule has 0 aliphatic carbocycles. The van der Waals surface area contributed by atoms with Crippen LogP contribution >= 0.6 is 0 Å². The van der Waals surface area contributed by atoms with Crippen LogP contribution < -0.4 is 26.1 Å². The summed E-state index contributed by atoms with van der Waals surface area (Å²) in [6.45, 7) is 0. The van der Waals surface area contributed by atoms with Gasteiger partial charge in [0, 0.05) is 32.8 Å². The predicted molar refractivity (Wildman–Crippen MR) is 102 cm³/mol. The highest BCUT2D eigenvalue weighted by Gasteiger charge is 2.16. The number of hydrogen-bond acceptors (Lipinski definition) is 7. The van der Waals surface area contributed by atoms with Crippen molar-refractivity contribution in [3.63, 3.8) is 0 Å². The first-order valence-corrected chi connectivity index (χ1v) is 8.02. The molecule has 0 spiro atoms. The molecular formula is C17H20N6O4. The van der Waals surface area contributed by atoms with Gasteiger partial charge in [-0.1, -0.05) is 0 Å². The maximum Gasteiger partial charge on any atom is 0.332 e. The molecule has 0 radical (unpaired) electrons. The molecule has 1 aromatic carbocycles. The number of nitrogens with one attached hydrogen (secondary N) is 1. The molecule has 27 heavy (non-hydrogen) atoms. The van der Waals surface area contributed by atoms with E-state index in [0.717, 1.165) is 10.1 Å². The van der Waals surface area contributed by atoms with Gasteiger partial charge in [-0.15, -0.1) is 0 Å². The van der Waals surface area contributed by atoms with Crippen LogP contribution in [0.5, 0.6) is 11.5 Å². The van der Waals surface area contributed by atoms with E-state index in [0.29, 0.717) is 23.0 Å². The van der Waals surface area contributed by atoms with Gasteiger partial charge in [0.05, 0.1) is 20.4 Å². The lowest BCUT2D eigenvalue weighted by Gasteiger charge is -2.07. The molecule has 0 bridgehead atoms. The molecule has 0 atom stereocenters. The predicted octanol–water partition coefficient (Wildman–Crippen LogP) is 0.434. The highest BCUT2D eigenvalue weighted by Crippen LogP contribution is 2.23. The summed E-state index contributed by atoms with van der Waals surface area (Å²) in [4.78, 5) is 28.7. The number of imidazole rings is 1. The molecule has 0 saturated heterocycles. The van der Waals surface area contributed by atoms with Gasteiger partial charge in [-0.05, 0) is 12.1 Å². The van der Waals surface area contributed by atoms with Crippen molar-refractivity contribution in [3.8, 4) is 11.5 Å². The van der Waals surface area contributed by atoms with E-state index in [1.54, 1.807) is 57.3 Å². The average molecular weight is 372 g/mol. The second-order valence-corrected chi connectivity index (χ2v) is 5.85. The Morgan fingerprint density at radius 1 is 1.07 bits per heavy atom. The van der Waals surface area contributed by atoms with E-state index in [-0.39, 0.29) is 5.65 Å². The Kier molecular flexibility index (Phi) is 4.72. The number of hydrogen-bond donors (Lipinski definition) is 1. The minimum atomic E-state index is -0.441. The second kappa shape index (κ2) is 6.98. The van der Waals surface area contributed by atoms with Gasteiger partial charge >= 0.3 is 5.69 Å². The fourth-order valence-electron chi connectivity index (χ4n) is 2.70. The number of anilines is 1. The van der Waals surface area contributed by atoms with Crippen LogP contribution in [0, 0.1) is 0 Å². The van der Waals surface area contributed by atoms with E-state index in [9.17, 15) is 9.59 Å². The summed E-state index contributed by atoms with van der Waals surface area (Å²) in [5.74, 6) is 1.59. The minimum absolute atomic E-state index is 0.283. The van der Waals surface area contributed by atoms with Crippen molar-refractivity contribution in [2.75, 3.05) is 19.6 Å². The number of fused-ring (bicyclic) bond motifs is 1. The summed E-state index contributed by atoms with van der Waals surface area (Å²) in [7, 11) is 7.80.